The van der Waals surface area contributed by atoms with Crippen LogP contribution in [0.3, 0.4) is 0 Å². The van der Waals surface area contributed by atoms with Gasteiger partial charge in [-0.1, -0.05) is 54.6 Å². The molecule has 1 atom stereocenters. The molecule has 2 aliphatic rings. The first-order valence-corrected chi connectivity index (χ1v) is 10.0. The molecule has 1 N–H and O–H groups in total. The van der Waals surface area contributed by atoms with Crippen LogP contribution in [-0.2, 0) is 11.7 Å². The molecule has 1 aliphatic carbocycles. The lowest BCUT2D eigenvalue weighted by atomic mass is 9.84. The Morgan fingerprint density at radius 1 is 0.828 bits per heavy atom. The van der Waals surface area contributed by atoms with Crippen LogP contribution in [0.5, 0.6) is 0 Å². The summed E-state index contributed by atoms with van der Waals surface area (Å²) in [6.45, 7) is 0. The van der Waals surface area contributed by atoms with E-state index in [1.54, 1.807) is 0 Å². The van der Waals surface area contributed by atoms with Crippen molar-refractivity contribution in [2.24, 2.45) is 0 Å². The zero-order valence-corrected chi connectivity index (χ0v) is 17.0. The van der Waals surface area contributed by atoms with Gasteiger partial charge in [-0.15, -0.1) is 0 Å². The molecule has 144 valence electrons. The summed E-state index contributed by atoms with van der Waals surface area (Å²) in [6, 6.07) is 20.6. The molecule has 29 heavy (non-hydrogen) atoms. The molecular formula is C23H13F3INO. The van der Waals surface area contributed by atoms with Crippen LogP contribution >= 0.6 is 22.6 Å². The molecule has 0 saturated carbocycles. The van der Waals surface area contributed by atoms with Gasteiger partial charge < -0.3 is 5.32 Å². The fourth-order valence-corrected chi connectivity index (χ4v) is 5.58. The summed E-state index contributed by atoms with van der Waals surface area (Å²) in [4.78, 5) is 12.8. The molecule has 6 heteroatoms. The molecule has 5 rings (SSSR count). The predicted molar refractivity (Wildman–Crippen MR) is 113 cm³/mol. The van der Waals surface area contributed by atoms with Gasteiger partial charge in [0.15, 0.2) is 0 Å². The zero-order chi connectivity index (χ0) is 20.4. The molecule has 1 unspecified atom stereocenters. The highest BCUT2D eigenvalue weighted by molar-refractivity contribution is 14.1. The van der Waals surface area contributed by atoms with Gasteiger partial charge >= 0.3 is 6.18 Å². The lowest BCUT2D eigenvalue weighted by molar-refractivity contribution is -0.137. The minimum atomic E-state index is -4.49. The SMILES string of the molecule is O=C1NC2(C(I)=C(c3ccccc3)c3ccccc32)c2cc(C(F)(F)F)ccc21. The quantitative estimate of drug-likeness (QED) is 0.412. The maximum atomic E-state index is 13.4. The van der Waals surface area contributed by atoms with Crippen LogP contribution < -0.4 is 5.32 Å². The van der Waals surface area contributed by atoms with Crippen LogP contribution in [0.25, 0.3) is 5.57 Å². The van der Waals surface area contributed by atoms with Crippen molar-refractivity contribution < 1.29 is 18.0 Å². The first-order valence-electron chi connectivity index (χ1n) is 8.94. The first kappa shape index (κ1) is 18.4. The van der Waals surface area contributed by atoms with Gasteiger partial charge in [-0.2, -0.15) is 13.2 Å². The van der Waals surface area contributed by atoms with Crippen molar-refractivity contribution in [3.8, 4) is 0 Å². The summed E-state index contributed by atoms with van der Waals surface area (Å²) in [5.74, 6) is -0.369. The summed E-state index contributed by atoms with van der Waals surface area (Å²) < 4.78 is 41.1. The Morgan fingerprint density at radius 3 is 2.24 bits per heavy atom. The van der Waals surface area contributed by atoms with E-state index in [0.717, 1.165) is 38.0 Å². The minimum absolute atomic E-state index is 0.274. The third-order valence-corrected chi connectivity index (χ3v) is 6.86. The maximum absolute atomic E-state index is 13.4. The molecule has 0 fully saturated rings. The molecule has 1 amide bonds. The number of alkyl halides is 3. The van der Waals surface area contributed by atoms with E-state index in [1.165, 1.54) is 6.07 Å². The Bertz CT molecular complexity index is 1200. The first-order chi connectivity index (χ1) is 13.8. The Kier molecular flexibility index (Phi) is 3.93. The van der Waals surface area contributed by atoms with Gasteiger partial charge in [0, 0.05) is 20.3 Å². The third kappa shape index (κ3) is 2.51. The summed E-state index contributed by atoms with van der Waals surface area (Å²) in [5.41, 5.74) is 2.32. The maximum Gasteiger partial charge on any atom is 0.416 e. The standard InChI is InChI=1S/C23H13F3INO/c24-23(25,26)14-10-11-16-18(12-14)22(28-21(16)29)17-9-5-4-8-15(17)19(20(22)27)13-6-2-1-3-7-13/h1-12H,(H,28,29). The number of amides is 1. The predicted octanol–water partition coefficient (Wildman–Crippen LogP) is 5.90. The molecule has 0 saturated heterocycles. The van der Waals surface area contributed by atoms with Crippen LogP contribution in [-0.4, -0.2) is 5.91 Å². The fourth-order valence-electron chi connectivity index (χ4n) is 4.26. The normalized spacial score (nSPS) is 20.1. The number of benzene rings is 3. The third-order valence-electron chi connectivity index (χ3n) is 5.51. The van der Waals surface area contributed by atoms with Gasteiger partial charge in [0.05, 0.1) is 5.56 Å². The van der Waals surface area contributed by atoms with Gasteiger partial charge in [-0.3, -0.25) is 4.79 Å². The minimum Gasteiger partial charge on any atom is -0.334 e. The number of fused-ring (bicyclic) bond motifs is 4. The molecule has 0 bridgehead atoms. The number of nitrogens with one attached hydrogen (secondary N) is 1. The van der Waals surface area contributed by atoms with Crippen LogP contribution in [0.1, 0.15) is 38.2 Å². The van der Waals surface area contributed by atoms with Gasteiger partial charge in [0.25, 0.3) is 5.91 Å². The Labute approximate surface area is 178 Å². The summed E-state index contributed by atoms with van der Waals surface area (Å²) in [5, 5.41) is 3.01. The monoisotopic (exact) mass is 503 g/mol. The molecule has 3 aromatic carbocycles. The average Bonchev–Trinajstić information content (AvgIpc) is 3.14. The molecule has 0 radical (unpaired) electrons. The molecule has 3 aromatic rings. The molecule has 2 nitrogen and oxygen atoms in total. The summed E-state index contributed by atoms with van der Waals surface area (Å²) in [7, 11) is 0. The van der Waals surface area contributed by atoms with Crippen molar-refractivity contribution in [3.63, 3.8) is 0 Å². The molecule has 0 aromatic heterocycles. The Morgan fingerprint density at radius 2 is 1.52 bits per heavy atom. The molecule has 1 heterocycles. The number of carbonyl (C=O) groups is 1. The van der Waals surface area contributed by atoms with Crippen molar-refractivity contribution in [1.82, 2.24) is 5.32 Å². The Hall–Kier alpha value is -2.61. The van der Waals surface area contributed by atoms with E-state index in [2.05, 4.69) is 27.9 Å². The van der Waals surface area contributed by atoms with Gasteiger partial charge in [0.1, 0.15) is 5.54 Å². The second-order valence-corrected chi connectivity index (χ2v) is 8.14. The highest BCUT2D eigenvalue weighted by Crippen LogP contribution is 2.56. The summed E-state index contributed by atoms with van der Waals surface area (Å²) >= 11 is 2.17. The zero-order valence-electron chi connectivity index (χ0n) is 14.8. The number of carbonyl (C=O) groups excluding carboxylic acids is 1. The van der Waals surface area contributed by atoms with Crippen molar-refractivity contribution in [3.05, 3.63) is 110 Å². The summed E-state index contributed by atoms with van der Waals surface area (Å²) in [6.07, 6.45) is -4.49. The smallest absolute Gasteiger partial charge is 0.334 e. The highest BCUT2D eigenvalue weighted by atomic mass is 127. The van der Waals surface area contributed by atoms with Gasteiger partial charge in [-0.05, 0) is 57.5 Å². The number of halogens is 4. The number of hydrogen-bond acceptors (Lipinski definition) is 1. The number of hydrogen-bond donors (Lipinski definition) is 1. The van der Waals surface area contributed by atoms with Crippen molar-refractivity contribution >= 4 is 34.1 Å². The largest absolute Gasteiger partial charge is 0.416 e. The van der Waals surface area contributed by atoms with E-state index in [4.69, 9.17) is 0 Å². The lowest BCUT2D eigenvalue weighted by Crippen LogP contribution is -2.39. The topological polar surface area (TPSA) is 29.1 Å². The van der Waals surface area contributed by atoms with Crippen molar-refractivity contribution in [2.75, 3.05) is 0 Å². The van der Waals surface area contributed by atoms with Gasteiger partial charge in [0.2, 0.25) is 0 Å². The van der Waals surface area contributed by atoms with E-state index in [-0.39, 0.29) is 11.5 Å². The van der Waals surface area contributed by atoms with Crippen LogP contribution in [0, 0.1) is 0 Å². The van der Waals surface area contributed by atoms with Gasteiger partial charge in [-0.25, -0.2) is 0 Å². The Balaban J connectivity index is 1.85. The molecule has 1 aliphatic heterocycles. The second-order valence-electron chi connectivity index (χ2n) is 7.06. The highest BCUT2D eigenvalue weighted by Gasteiger charge is 2.53. The molecule has 1 spiro atoms. The van der Waals surface area contributed by atoms with Crippen LogP contribution in [0.2, 0.25) is 0 Å². The van der Waals surface area contributed by atoms with Crippen molar-refractivity contribution in [1.29, 1.82) is 0 Å². The average molecular weight is 503 g/mol. The van der Waals surface area contributed by atoms with Crippen LogP contribution in [0.4, 0.5) is 13.2 Å². The van der Waals surface area contributed by atoms with Crippen LogP contribution in [0.15, 0.2) is 76.4 Å². The number of rotatable bonds is 1. The van der Waals surface area contributed by atoms with E-state index in [1.807, 2.05) is 54.6 Å². The molecular weight excluding hydrogens is 490 g/mol. The van der Waals surface area contributed by atoms with E-state index in [0.29, 0.717) is 5.56 Å². The lowest BCUT2D eigenvalue weighted by Gasteiger charge is -2.28. The fraction of sp³-hybridized carbons (Fsp3) is 0.0870. The van der Waals surface area contributed by atoms with Crippen molar-refractivity contribution in [2.45, 2.75) is 11.7 Å². The second kappa shape index (κ2) is 6.19. The van der Waals surface area contributed by atoms with E-state index >= 15 is 0 Å². The van der Waals surface area contributed by atoms with E-state index < -0.39 is 17.3 Å². The van der Waals surface area contributed by atoms with E-state index in [9.17, 15) is 18.0 Å².